The van der Waals surface area contributed by atoms with Gasteiger partial charge in [-0.3, -0.25) is 19.2 Å². The zero-order chi connectivity index (χ0) is 19.0. The van der Waals surface area contributed by atoms with Crippen LogP contribution >= 0.6 is 0 Å². The van der Waals surface area contributed by atoms with Crippen LogP contribution < -0.4 is 0 Å². The number of rotatable bonds is 7. The molecule has 0 fully saturated rings. The Morgan fingerprint density at radius 2 is 0.960 bits per heavy atom. The molecule has 0 aromatic heterocycles. The van der Waals surface area contributed by atoms with Crippen molar-refractivity contribution in [2.24, 2.45) is 11.8 Å². The molecule has 0 aliphatic carbocycles. The molecule has 0 amide bonds. The molecule has 0 unspecified atom stereocenters. The number of carbonyl (C=O) groups is 4. The van der Waals surface area contributed by atoms with Gasteiger partial charge < -0.3 is 18.9 Å². The third-order valence-corrected chi connectivity index (χ3v) is 3.72. The van der Waals surface area contributed by atoms with E-state index in [0.717, 1.165) is 28.4 Å². The molecule has 0 radical (unpaired) electrons. The van der Waals surface area contributed by atoms with Crippen LogP contribution in [0.1, 0.15) is 11.5 Å². The Bertz CT molecular complexity index is 557. The van der Waals surface area contributed by atoms with Crippen molar-refractivity contribution in [3.8, 4) is 0 Å². The predicted molar refractivity (Wildman–Crippen MR) is 84.2 cm³/mol. The van der Waals surface area contributed by atoms with Crippen LogP contribution in [0, 0.1) is 11.8 Å². The summed E-state index contributed by atoms with van der Waals surface area (Å²) in [5.74, 6) is -8.11. The van der Waals surface area contributed by atoms with Crippen LogP contribution in [0.2, 0.25) is 0 Å². The molecule has 0 aliphatic heterocycles. The summed E-state index contributed by atoms with van der Waals surface area (Å²) in [7, 11) is 4.36. The molecule has 1 aromatic rings. The van der Waals surface area contributed by atoms with Crippen LogP contribution in [0.15, 0.2) is 30.3 Å². The van der Waals surface area contributed by atoms with E-state index in [1.807, 2.05) is 0 Å². The first-order chi connectivity index (χ1) is 11.9. The fourth-order valence-electron chi connectivity index (χ4n) is 2.54. The van der Waals surface area contributed by atoms with E-state index in [-0.39, 0.29) is 0 Å². The lowest BCUT2D eigenvalue weighted by molar-refractivity contribution is -0.166. The van der Waals surface area contributed by atoms with E-state index in [4.69, 9.17) is 0 Å². The molecule has 1 rings (SSSR count). The highest BCUT2D eigenvalue weighted by Gasteiger charge is 2.49. The first kappa shape index (κ1) is 20.1. The van der Waals surface area contributed by atoms with Crippen molar-refractivity contribution in [1.82, 2.24) is 0 Å². The fourth-order valence-corrected chi connectivity index (χ4v) is 2.54. The highest BCUT2D eigenvalue weighted by Crippen LogP contribution is 2.35. The molecule has 1 aromatic carbocycles. The standard InChI is InChI=1S/C17H20O8/c1-22-14(18)12(15(19)23-2)11(10-8-6-5-7-9-10)13(16(20)24-3)17(21)25-4/h5-9,11-13H,1-4H3. The summed E-state index contributed by atoms with van der Waals surface area (Å²) in [6.45, 7) is 0. The molecule has 8 heteroatoms. The number of hydrogen-bond donors (Lipinski definition) is 0. The molecular formula is C17H20O8. The minimum atomic E-state index is -1.56. The topological polar surface area (TPSA) is 105 Å². The summed E-state index contributed by atoms with van der Waals surface area (Å²) in [4.78, 5) is 48.9. The van der Waals surface area contributed by atoms with Gasteiger partial charge in [-0.05, 0) is 5.56 Å². The Morgan fingerprint density at radius 3 is 1.24 bits per heavy atom. The van der Waals surface area contributed by atoms with E-state index in [9.17, 15) is 19.2 Å². The largest absolute Gasteiger partial charge is 0.468 e. The molecule has 25 heavy (non-hydrogen) atoms. The predicted octanol–water partition coefficient (Wildman–Crippen LogP) is 0.695. The minimum Gasteiger partial charge on any atom is -0.468 e. The highest BCUT2D eigenvalue weighted by molar-refractivity contribution is 6.01. The second-order valence-electron chi connectivity index (χ2n) is 4.98. The summed E-state index contributed by atoms with van der Waals surface area (Å²) in [6.07, 6.45) is 0. The third-order valence-electron chi connectivity index (χ3n) is 3.72. The Hall–Kier alpha value is -2.90. The lowest BCUT2D eigenvalue weighted by Crippen LogP contribution is -2.42. The maximum atomic E-state index is 12.2. The van der Waals surface area contributed by atoms with Gasteiger partial charge in [0.2, 0.25) is 0 Å². The molecule has 0 saturated heterocycles. The third kappa shape index (κ3) is 4.56. The zero-order valence-corrected chi connectivity index (χ0v) is 14.4. The van der Waals surface area contributed by atoms with Crippen LogP contribution in [0.4, 0.5) is 0 Å². The zero-order valence-electron chi connectivity index (χ0n) is 14.4. The summed E-state index contributed by atoms with van der Waals surface area (Å²) in [6, 6.07) is 8.13. The van der Waals surface area contributed by atoms with Gasteiger partial charge in [-0.1, -0.05) is 30.3 Å². The molecule has 0 bridgehead atoms. The Morgan fingerprint density at radius 1 is 0.640 bits per heavy atom. The summed E-state index contributed by atoms with van der Waals surface area (Å²) in [5, 5.41) is 0. The van der Waals surface area contributed by atoms with Crippen molar-refractivity contribution in [2.75, 3.05) is 28.4 Å². The Labute approximate surface area is 145 Å². The molecule has 0 saturated carbocycles. The minimum absolute atomic E-state index is 0.379. The average molecular weight is 352 g/mol. The molecular weight excluding hydrogens is 332 g/mol. The van der Waals surface area contributed by atoms with Gasteiger partial charge >= 0.3 is 23.9 Å². The number of carbonyl (C=O) groups excluding carboxylic acids is 4. The van der Waals surface area contributed by atoms with Crippen LogP contribution in [-0.4, -0.2) is 52.3 Å². The van der Waals surface area contributed by atoms with Gasteiger partial charge in [0.1, 0.15) is 0 Å². The second-order valence-corrected chi connectivity index (χ2v) is 4.98. The van der Waals surface area contributed by atoms with E-state index < -0.39 is 41.6 Å². The molecule has 0 aliphatic rings. The van der Waals surface area contributed by atoms with Crippen LogP contribution in [0.25, 0.3) is 0 Å². The molecule has 0 spiro atoms. The maximum absolute atomic E-state index is 12.2. The van der Waals surface area contributed by atoms with Crippen molar-refractivity contribution < 1.29 is 38.1 Å². The number of benzene rings is 1. The summed E-state index contributed by atoms with van der Waals surface area (Å²) < 4.78 is 18.7. The van der Waals surface area contributed by atoms with Crippen LogP contribution in [0.5, 0.6) is 0 Å². The van der Waals surface area contributed by atoms with E-state index in [2.05, 4.69) is 18.9 Å². The van der Waals surface area contributed by atoms with Gasteiger partial charge in [0, 0.05) is 5.92 Å². The molecule has 0 atom stereocenters. The number of hydrogen-bond acceptors (Lipinski definition) is 8. The molecule has 0 N–H and O–H groups in total. The van der Waals surface area contributed by atoms with Crippen LogP contribution in [0.3, 0.4) is 0 Å². The average Bonchev–Trinajstić information content (AvgIpc) is 2.66. The number of ether oxygens (including phenoxy) is 4. The first-order valence-electron chi connectivity index (χ1n) is 7.29. The quantitative estimate of drug-likeness (QED) is 0.401. The summed E-state index contributed by atoms with van der Waals surface area (Å²) >= 11 is 0. The van der Waals surface area contributed by atoms with E-state index in [1.54, 1.807) is 30.3 Å². The molecule has 8 nitrogen and oxygen atoms in total. The second kappa shape index (κ2) is 9.41. The Kier molecular flexibility index (Phi) is 7.58. The van der Waals surface area contributed by atoms with Gasteiger partial charge in [-0.15, -0.1) is 0 Å². The van der Waals surface area contributed by atoms with Crippen molar-refractivity contribution >= 4 is 23.9 Å². The van der Waals surface area contributed by atoms with E-state index >= 15 is 0 Å². The lowest BCUT2D eigenvalue weighted by Gasteiger charge is -2.28. The fraction of sp³-hybridized carbons (Fsp3) is 0.412. The van der Waals surface area contributed by atoms with Gasteiger partial charge in [0.25, 0.3) is 0 Å². The van der Waals surface area contributed by atoms with E-state index in [1.165, 1.54) is 0 Å². The lowest BCUT2D eigenvalue weighted by atomic mass is 9.76. The molecule has 136 valence electrons. The van der Waals surface area contributed by atoms with Crippen molar-refractivity contribution in [2.45, 2.75) is 5.92 Å². The van der Waals surface area contributed by atoms with Crippen molar-refractivity contribution in [3.05, 3.63) is 35.9 Å². The summed E-state index contributed by atoms with van der Waals surface area (Å²) in [5.41, 5.74) is 0.379. The molecule has 0 heterocycles. The van der Waals surface area contributed by atoms with Gasteiger partial charge in [-0.2, -0.15) is 0 Å². The number of methoxy groups -OCH3 is 4. The van der Waals surface area contributed by atoms with Crippen molar-refractivity contribution in [3.63, 3.8) is 0 Å². The normalized spacial score (nSPS) is 10.5. The van der Waals surface area contributed by atoms with E-state index in [0.29, 0.717) is 5.56 Å². The van der Waals surface area contributed by atoms with Gasteiger partial charge in [0.05, 0.1) is 28.4 Å². The smallest absolute Gasteiger partial charge is 0.320 e. The van der Waals surface area contributed by atoms with Crippen LogP contribution in [-0.2, 0) is 38.1 Å². The monoisotopic (exact) mass is 352 g/mol. The van der Waals surface area contributed by atoms with Gasteiger partial charge in [0.15, 0.2) is 11.8 Å². The number of esters is 4. The highest BCUT2D eigenvalue weighted by atomic mass is 16.6. The maximum Gasteiger partial charge on any atom is 0.320 e. The van der Waals surface area contributed by atoms with Gasteiger partial charge in [-0.25, -0.2) is 0 Å². The first-order valence-corrected chi connectivity index (χ1v) is 7.29. The van der Waals surface area contributed by atoms with Crippen molar-refractivity contribution in [1.29, 1.82) is 0 Å². The SMILES string of the molecule is COC(=O)C(C(=O)OC)C(c1ccccc1)C(C(=O)OC)C(=O)OC. The Balaban J connectivity index is 3.60.